The molecule has 1 aromatic rings. The first-order valence-electron chi connectivity index (χ1n) is 3.59. The van der Waals surface area contributed by atoms with Crippen LogP contribution in [0.3, 0.4) is 0 Å². The van der Waals surface area contributed by atoms with Gasteiger partial charge in [-0.1, -0.05) is 0 Å². The fraction of sp³-hybridized carbons (Fsp3) is 0.286. The summed E-state index contributed by atoms with van der Waals surface area (Å²) in [5.41, 5.74) is 0. The van der Waals surface area contributed by atoms with Crippen LogP contribution in [0, 0.1) is 0 Å². The summed E-state index contributed by atoms with van der Waals surface area (Å²) in [7, 11) is 1.86. The Bertz CT molecular complexity index is 352. The Morgan fingerprint density at radius 3 is 3.00 bits per heavy atom. The molecule has 2 heterocycles. The molecule has 1 N–H and O–H groups in total. The molecular formula is C7H8N4O. The summed E-state index contributed by atoms with van der Waals surface area (Å²) in [5.74, 6) is 1.18. The molecule has 0 fully saturated rings. The van der Waals surface area contributed by atoms with Gasteiger partial charge in [0.25, 0.3) is 0 Å². The number of carbonyl (C=O) groups excluding carboxylic acids is 1. The minimum Gasteiger partial charge on any atom is -0.331 e. The van der Waals surface area contributed by atoms with Crippen molar-refractivity contribution in [2.45, 2.75) is 0 Å². The molecule has 1 aromatic heterocycles. The van der Waals surface area contributed by atoms with Gasteiger partial charge in [0, 0.05) is 19.4 Å². The van der Waals surface area contributed by atoms with Crippen LogP contribution in [0.15, 0.2) is 17.4 Å². The molecule has 0 atom stereocenters. The Kier molecular flexibility index (Phi) is 1.43. The van der Waals surface area contributed by atoms with E-state index in [1.807, 2.05) is 17.8 Å². The first-order valence-corrected chi connectivity index (χ1v) is 3.59. The van der Waals surface area contributed by atoms with Gasteiger partial charge < -0.3 is 9.88 Å². The molecular weight excluding hydrogens is 156 g/mol. The van der Waals surface area contributed by atoms with Gasteiger partial charge >= 0.3 is 0 Å². The zero-order valence-electron chi connectivity index (χ0n) is 6.61. The number of amides is 1. The number of aliphatic imine (C=N–C) groups is 1. The normalized spacial score (nSPS) is 16.1. The topological polar surface area (TPSA) is 59.3 Å². The van der Waals surface area contributed by atoms with Crippen molar-refractivity contribution in [1.29, 1.82) is 0 Å². The van der Waals surface area contributed by atoms with Gasteiger partial charge in [-0.25, -0.2) is 4.98 Å². The molecule has 5 heteroatoms. The maximum Gasteiger partial charge on any atom is 0.247 e. The molecule has 62 valence electrons. The van der Waals surface area contributed by atoms with Crippen LogP contribution in [-0.4, -0.2) is 27.8 Å². The van der Waals surface area contributed by atoms with Crippen molar-refractivity contribution in [3.05, 3.63) is 18.2 Å². The second-order valence-corrected chi connectivity index (χ2v) is 2.57. The van der Waals surface area contributed by atoms with Gasteiger partial charge in [0.15, 0.2) is 11.7 Å². The summed E-state index contributed by atoms with van der Waals surface area (Å²) in [6, 6.07) is 0. The molecule has 5 nitrogen and oxygen atoms in total. The number of amidine groups is 1. The molecule has 1 amide bonds. The summed E-state index contributed by atoms with van der Waals surface area (Å²) < 4.78 is 1.81. The third kappa shape index (κ3) is 0.990. The van der Waals surface area contributed by atoms with Gasteiger partial charge in [-0.15, -0.1) is 0 Å². The third-order valence-corrected chi connectivity index (χ3v) is 1.67. The summed E-state index contributed by atoms with van der Waals surface area (Å²) >= 11 is 0. The molecule has 0 saturated heterocycles. The van der Waals surface area contributed by atoms with Gasteiger partial charge in [-0.2, -0.15) is 0 Å². The standard InChI is InChI=1S/C7H8N4O/c1-11-3-2-8-7(11)6-9-4-5(12)10-6/h2-3H,4H2,1H3,(H,9,10,12). The quantitative estimate of drug-likeness (QED) is 0.596. The SMILES string of the molecule is Cn1ccnc1C1=NCC(=O)N1. The Balaban J connectivity index is 2.33. The number of aryl methyl sites for hydroxylation is 1. The second-order valence-electron chi connectivity index (χ2n) is 2.57. The molecule has 0 radical (unpaired) electrons. The highest BCUT2D eigenvalue weighted by Crippen LogP contribution is 1.99. The fourth-order valence-corrected chi connectivity index (χ4v) is 1.08. The molecule has 0 spiro atoms. The highest BCUT2D eigenvalue weighted by Gasteiger charge is 2.17. The smallest absolute Gasteiger partial charge is 0.247 e. The Hall–Kier alpha value is -1.65. The van der Waals surface area contributed by atoms with Crippen LogP contribution in [0.1, 0.15) is 5.82 Å². The largest absolute Gasteiger partial charge is 0.331 e. The van der Waals surface area contributed by atoms with E-state index in [0.29, 0.717) is 11.7 Å². The maximum absolute atomic E-state index is 10.8. The molecule has 0 aromatic carbocycles. The summed E-state index contributed by atoms with van der Waals surface area (Å²) in [4.78, 5) is 18.8. The summed E-state index contributed by atoms with van der Waals surface area (Å²) in [6.45, 7) is 0.211. The van der Waals surface area contributed by atoms with Crippen LogP contribution in [0.2, 0.25) is 0 Å². The molecule has 0 bridgehead atoms. The predicted molar refractivity (Wildman–Crippen MR) is 42.8 cm³/mol. The average molecular weight is 164 g/mol. The molecule has 1 aliphatic heterocycles. The first kappa shape index (κ1) is 7.02. The van der Waals surface area contributed by atoms with Gasteiger partial charge in [0.05, 0.1) is 0 Å². The van der Waals surface area contributed by atoms with Crippen molar-refractivity contribution in [2.75, 3.05) is 6.54 Å². The van der Waals surface area contributed by atoms with E-state index in [2.05, 4.69) is 15.3 Å². The first-order chi connectivity index (χ1) is 5.77. The van der Waals surface area contributed by atoms with E-state index in [4.69, 9.17) is 0 Å². The molecule has 1 aliphatic rings. The zero-order valence-corrected chi connectivity index (χ0v) is 6.61. The predicted octanol–water partition coefficient (Wildman–Crippen LogP) is -0.704. The van der Waals surface area contributed by atoms with Crippen LogP contribution < -0.4 is 5.32 Å². The van der Waals surface area contributed by atoms with E-state index in [9.17, 15) is 4.79 Å². The molecule has 0 saturated carbocycles. The number of nitrogens with zero attached hydrogens (tertiary/aromatic N) is 3. The Morgan fingerprint density at radius 2 is 2.50 bits per heavy atom. The monoisotopic (exact) mass is 164 g/mol. The highest BCUT2D eigenvalue weighted by atomic mass is 16.2. The number of rotatable bonds is 1. The number of hydrogen-bond donors (Lipinski definition) is 1. The lowest BCUT2D eigenvalue weighted by Crippen LogP contribution is -2.27. The van der Waals surface area contributed by atoms with Gasteiger partial charge in [0.2, 0.25) is 5.91 Å². The van der Waals surface area contributed by atoms with Gasteiger partial charge in [0.1, 0.15) is 6.54 Å². The number of imidazole rings is 1. The van der Waals surface area contributed by atoms with Crippen LogP contribution >= 0.6 is 0 Å². The average Bonchev–Trinajstić information content (AvgIpc) is 2.58. The molecule has 0 aliphatic carbocycles. The van der Waals surface area contributed by atoms with E-state index < -0.39 is 0 Å². The van der Waals surface area contributed by atoms with Crippen LogP contribution in [0.25, 0.3) is 0 Å². The van der Waals surface area contributed by atoms with Crippen molar-refractivity contribution in [2.24, 2.45) is 12.0 Å². The summed E-state index contributed by atoms with van der Waals surface area (Å²) in [6.07, 6.45) is 3.48. The van der Waals surface area contributed by atoms with Crippen molar-refractivity contribution < 1.29 is 4.79 Å². The minimum atomic E-state index is -0.0759. The number of nitrogens with one attached hydrogen (secondary N) is 1. The van der Waals surface area contributed by atoms with Gasteiger partial charge in [-0.3, -0.25) is 9.79 Å². The lowest BCUT2D eigenvalue weighted by Gasteiger charge is -1.99. The third-order valence-electron chi connectivity index (χ3n) is 1.67. The molecule has 12 heavy (non-hydrogen) atoms. The zero-order chi connectivity index (χ0) is 8.55. The Labute approximate surface area is 69.1 Å². The molecule has 2 rings (SSSR count). The number of aromatic nitrogens is 2. The van der Waals surface area contributed by atoms with Crippen molar-refractivity contribution >= 4 is 11.7 Å². The number of hydrogen-bond acceptors (Lipinski definition) is 3. The van der Waals surface area contributed by atoms with E-state index >= 15 is 0 Å². The van der Waals surface area contributed by atoms with E-state index in [1.165, 1.54) is 0 Å². The lowest BCUT2D eigenvalue weighted by atomic mass is 10.5. The Morgan fingerprint density at radius 1 is 1.67 bits per heavy atom. The van der Waals surface area contributed by atoms with Gasteiger partial charge in [-0.05, 0) is 0 Å². The van der Waals surface area contributed by atoms with Crippen molar-refractivity contribution in [1.82, 2.24) is 14.9 Å². The summed E-state index contributed by atoms with van der Waals surface area (Å²) in [5, 5.41) is 2.62. The van der Waals surface area contributed by atoms with Crippen LogP contribution in [-0.2, 0) is 11.8 Å². The van der Waals surface area contributed by atoms with E-state index in [1.54, 1.807) is 6.20 Å². The van der Waals surface area contributed by atoms with Crippen LogP contribution in [0.5, 0.6) is 0 Å². The minimum absolute atomic E-state index is 0.0759. The van der Waals surface area contributed by atoms with E-state index in [-0.39, 0.29) is 12.5 Å². The fourth-order valence-electron chi connectivity index (χ4n) is 1.08. The number of carbonyl (C=O) groups is 1. The van der Waals surface area contributed by atoms with Crippen molar-refractivity contribution in [3.8, 4) is 0 Å². The molecule has 0 unspecified atom stereocenters. The van der Waals surface area contributed by atoms with Crippen LogP contribution in [0.4, 0.5) is 0 Å². The maximum atomic E-state index is 10.8. The highest BCUT2D eigenvalue weighted by molar-refractivity contribution is 6.10. The lowest BCUT2D eigenvalue weighted by molar-refractivity contribution is -0.117. The second kappa shape index (κ2) is 2.44. The van der Waals surface area contributed by atoms with Crippen molar-refractivity contribution in [3.63, 3.8) is 0 Å². The van der Waals surface area contributed by atoms with E-state index in [0.717, 1.165) is 0 Å².